The first-order chi connectivity index (χ1) is 16.4. The van der Waals surface area contributed by atoms with Gasteiger partial charge in [-0.15, -0.1) is 0 Å². The number of methoxy groups -OCH3 is 1. The average Bonchev–Trinajstić information content (AvgIpc) is 3.26. The molecule has 9 heteroatoms. The number of allylic oxidation sites excluding steroid dienone is 1. The van der Waals surface area contributed by atoms with Gasteiger partial charge in [-0.25, -0.2) is 13.8 Å². The SMILES string of the molecule is COc1cc(/C=C(/C#N)c2nc3ccc(F)cc3[nH]2)ccc1OCC(=O)Nc1ccc(F)cc1. The molecule has 0 atom stereocenters. The summed E-state index contributed by atoms with van der Waals surface area (Å²) in [6.45, 7) is -0.290. The highest BCUT2D eigenvalue weighted by Gasteiger charge is 2.12. The van der Waals surface area contributed by atoms with Gasteiger partial charge in [-0.3, -0.25) is 4.79 Å². The molecule has 0 spiro atoms. The highest BCUT2D eigenvalue weighted by molar-refractivity contribution is 5.92. The van der Waals surface area contributed by atoms with E-state index in [0.29, 0.717) is 39.6 Å². The lowest BCUT2D eigenvalue weighted by Gasteiger charge is -2.11. The zero-order valence-electron chi connectivity index (χ0n) is 17.9. The van der Waals surface area contributed by atoms with Crippen molar-refractivity contribution in [2.75, 3.05) is 19.0 Å². The molecule has 0 bridgehead atoms. The van der Waals surface area contributed by atoms with Crippen LogP contribution < -0.4 is 14.8 Å². The Morgan fingerprint density at radius 1 is 1.09 bits per heavy atom. The van der Waals surface area contributed by atoms with E-state index in [1.54, 1.807) is 24.3 Å². The Morgan fingerprint density at radius 3 is 2.59 bits per heavy atom. The maximum Gasteiger partial charge on any atom is 0.262 e. The summed E-state index contributed by atoms with van der Waals surface area (Å²) in [5.41, 5.74) is 2.34. The van der Waals surface area contributed by atoms with Gasteiger partial charge in [0, 0.05) is 5.69 Å². The summed E-state index contributed by atoms with van der Waals surface area (Å²) in [5.74, 6) is -0.247. The Hall–Kier alpha value is -4.71. The zero-order chi connectivity index (χ0) is 24.1. The minimum Gasteiger partial charge on any atom is -0.493 e. The van der Waals surface area contributed by atoms with E-state index in [1.165, 1.54) is 49.6 Å². The van der Waals surface area contributed by atoms with E-state index >= 15 is 0 Å². The van der Waals surface area contributed by atoms with Gasteiger partial charge in [0.05, 0.1) is 23.7 Å². The van der Waals surface area contributed by atoms with Gasteiger partial charge in [-0.1, -0.05) is 6.07 Å². The summed E-state index contributed by atoms with van der Waals surface area (Å²) in [5, 5.41) is 12.2. The van der Waals surface area contributed by atoms with E-state index in [4.69, 9.17) is 9.47 Å². The van der Waals surface area contributed by atoms with E-state index in [9.17, 15) is 18.8 Å². The van der Waals surface area contributed by atoms with Crippen molar-refractivity contribution in [3.05, 3.63) is 83.7 Å². The summed E-state index contributed by atoms with van der Waals surface area (Å²) >= 11 is 0. The number of rotatable bonds is 7. The van der Waals surface area contributed by atoms with Crippen molar-refractivity contribution in [1.29, 1.82) is 5.26 Å². The third kappa shape index (κ3) is 5.19. The number of amides is 1. The van der Waals surface area contributed by atoms with Crippen molar-refractivity contribution in [2.24, 2.45) is 0 Å². The van der Waals surface area contributed by atoms with Crippen molar-refractivity contribution in [1.82, 2.24) is 9.97 Å². The highest BCUT2D eigenvalue weighted by Crippen LogP contribution is 2.30. The number of halogens is 2. The van der Waals surface area contributed by atoms with Crippen LogP contribution in [0.3, 0.4) is 0 Å². The highest BCUT2D eigenvalue weighted by atomic mass is 19.1. The smallest absolute Gasteiger partial charge is 0.262 e. The molecule has 7 nitrogen and oxygen atoms in total. The van der Waals surface area contributed by atoms with Gasteiger partial charge in [0.15, 0.2) is 18.1 Å². The van der Waals surface area contributed by atoms with Crippen LogP contribution in [0.2, 0.25) is 0 Å². The third-order valence-electron chi connectivity index (χ3n) is 4.80. The molecular formula is C25H18F2N4O3. The van der Waals surface area contributed by atoms with Gasteiger partial charge < -0.3 is 19.8 Å². The zero-order valence-corrected chi connectivity index (χ0v) is 17.9. The van der Waals surface area contributed by atoms with Crippen molar-refractivity contribution in [2.45, 2.75) is 0 Å². The van der Waals surface area contributed by atoms with Gasteiger partial charge in [0.25, 0.3) is 5.91 Å². The van der Waals surface area contributed by atoms with Crippen molar-refractivity contribution in [3.63, 3.8) is 0 Å². The number of nitrogens with one attached hydrogen (secondary N) is 2. The maximum atomic E-state index is 13.4. The molecule has 0 aliphatic rings. The van der Waals surface area contributed by atoms with Crippen molar-refractivity contribution in [3.8, 4) is 17.6 Å². The quantitative estimate of drug-likeness (QED) is 0.381. The minimum absolute atomic E-state index is 0.242. The second kappa shape index (κ2) is 9.83. The number of aromatic nitrogens is 2. The number of fused-ring (bicyclic) bond motifs is 1. The summed E-state index contributed by atoms with van der Waals surface area (Å²) in [6.07, 6.45) is 1.60. The summed E-state index contributed by atoms with van der Waals surface area (Å²) in [4.78, 5) is 19.4. The van der Waals surface area contributed by atoms with Crippen LogP contribution in [-0.2, 0) is 4.79 Å². The molecule has 0 saturated carbocycles. The van der Waals surface area contributed by atoms with Gasteiger partial charge >= 0.3 is 0 Å². The van der Waals surface area contributed by atoms with Crippen LogP contribution in [0.4, 0.5) is 14.5 Å². The van der Waals surface area contributed by atoms with Crippen LogP contribution in [0.1, 0.15) is 11.4 Å². The first-order valence-corrected chi connectivity index (χ1v) is 10.1. The summed E-state index contributed by atoms with van der Waals surface area (Å²) in [7, 11) is 1.45. The fourth-order valence-electron chi connectivity index (χ4n) is 3.20. The van der Waals surface area contributed by atoms with E-state index in [0.717, 1.165) is 0 Å². The average molecular weight is 460 g/mol. The maximum absolute atomic E-state index is 13.4. The molecule has 0 radical (unpaired) electrons. The molecule has 4 aromatic rings. The molecule has 0 unspecified atom stereocenters. The van der Waals surface area contributed by atoms with E-state index < -0.39 is 17.5 Å². The number of nitriles is 1. The van der Waals surface area contributed by atoms with Crippen molar-refractivity contribution >= 4 is 34.3 Å². The molecule has 0 saturated heterocycles. The molecule has 0 aliphatic carbocycles. The number of anilines is 1. The van der Waals surface area contributed by atoms with Crippen LogP contribution in [0.15, 0.2) is 60.7 Å². The molecule has 3 aromatic carbocycles. The predicted octanol–water partition coefficient (Wildman–Crippen LogP) is 4.93. The Balaban J connectivity index is 1.49. The number of benzene rings is 3. The van der Waals surface area contributed by atoms with Crippen LogP contribution in [0.5, 0.6) is 11.5 Å². The predicted molar refractivity (Wildman–Crippen MR) is 123 cm³/mol. The molecule has 2 N–H and O–H groups in total. The molecule has 1 heterocycles. The van der Waals surface area contributed by atoms with E-state index in [1.807, 2.05) is 0 Å². The first kappa shape index (κ1) is 22.5. The molecule has 1 aromatic heterocycles. The Kier molecular flexibility index (Phi) is 6.50. The van der Waals surface area contributed by atoms with Crippen LogP contribution in [-0.4, -0.2) is 29.6 Å². The van der Waals surface area contributed by atoms with Crippen molar-refractivity contribution < 1.29 is 23.0 Å². The monoisotopic (exact) mass is 460 g/mol. The second-order valence-electron chi connectivity index (χ2n) is 7.17. The van der Waals surface area contributed by atoms with Gasteiger partial charge in [0.2, 0.25) is 0 Å². The van der Waals surface area contributed by atoms with Gasteiger partial charge in [-0.2, -0.15) is 5.26 Å². The largest absolute Gasteiger partial charge is 0.493 e. The Labute approximate surface area is 193 Å². The number of nitrogens with zero attached hydrogens (tertiary/aromatic N) is 2. The third-order valence-corrected chi connectivity index (χ3v) is 4.80. The molecule has 1 amide bonds. The number of imidazole rings is 1. The molecule has 0 fully saturated rings. The molecule has 4 rings (SSSR count). The number of ether oxygens (including phenoxy) is 2. The molecule has 0 aliphatic heterocycles. The topological polar surface area (TPSA) is 100 Å². The van der Waals surface area contributed by atoms with Crippen LogP contribution in [0.25, 0.3) is 22.7 Å². The van der Waals surface area contributed by atoms with E-state index in [-0.39, 0.29) is 12.2 Å². The molecule has 34 heavy (non-hydrogen) atoms. The number of aromatic amines is 1. The summed E-state index contributed by atoms with van der Waals surface area (Å²) < 4.78 is 37.3. The Bertz CT molecular complexity index is 1420. The second-order valence-corrected chi connectivity index (χ2v) is 7.17. The lowest BCUT2D eigenvalue weighted by molar-refractivity contribution is -0.118. The molecular weight excluding hydrogens is 442 g/mol. The summed E-state index contributed by atoms with van der Waals surface area (Å²) in [6, 6.07) is 16.5. The Morgan fingerprint density at radius 2 is 1.85 bits per heavy atom. The minimum atomic E-state index is -0.425. The van der Waals surface area contributed by atoms with Gasteiger partial charge in [0.1, 0.15) is 23.5 Å². The number of hydrogen-bond acceptors (Lipinski definition) is 5. The number of hydrogen-bond donors (Lipinski definition) is 2. The van der Waals surface area contributed by atoms with Crippen LogP contribution in [0, 0.1) is 23.0 Å². The van der Waals surface area contributed by atoms with Crippen LogP contribution >= 0.6 is 0 Å². The van der Waals surface area contributed by atoms with E-state index in [2.05, 4.69) is 21.4 Å². The molecule has 170 valence electrons. The first-order valence-electron chi connectivity index (χ1n) is 10.1. The normalized spacial score (nSPS) is 11.2. The fraction of sp³-hybridized carbons (Fsp3) is 0.0800. The standard InChI is InChI=1S/C25H18F2N4O3/c1-33-23-11-15(10-16(13-28)25-30-20-8-5-18(27)12-21(20)31-25)2-9-22(23)34-14-24(32)29-19-6-3-17(26)4-7-19/h2-12H,14H2,1H3,(H,29,32)(H,30,31)/b16-10-. The number of carbonyl (C=O) groups excluding carboxylic acids is 1. The fourth-order valence-corrected chi connectivity index (χ4v) is 3.20. The number of carbonyl (C=O) groups is 1. The lowest BCUT2D eigenvalue weighted by Crippen LogP contribution is -2.20. The van der Waals surface area contributed by atoms with Gasteiger partial charge in [-0.05, 0) is 66.2 Å². The number of H-pyrrole nitrogens is 1. The lowest BCUT2D eigenvalue weighted by atomic mass is 10.1.